The largest absolute Gasteiger partial charge is 0.493 e. The van der Waals surface area contributed by atoms with E-state index in [9.17, 15) is 9.59 Å². The van der Waals surface area contributed by atoms with E-state index in [1.54, 1.807) is 47.5 Å². The van der Waals surface area contributed by atoms with Crippen LogP contribution in [0.3, 0.4) is 0 Å². The third-order valence-corrected chi connectivity index (χ3v) is 5.61. The zero-order valence-electron chi connectivity index (χ0n) is 18.7. The molecule has 33 heavy (non-hydrogen) atoms. The number of ether oxygens (including phenoxy) is 3. The molecule has 0 aliphatic carbocycles. The molecule has 0 bridgehead atoms. The molecule has 0 saturated heterocycles. The predicted octanol–water partition coefficient (Wildman–Crippen LogP) is 3.83. The molecule has 8 heteroatoms. The fraction of sp³-hybridized carbons (Fsp3) is 0.240. The van der Waals surface area contributed by atoms with E-state index >= 15 is 0 Å². The van der Waals surface area contributed by atoms with Gasteiger partial charge in [0, 0.05) is 18.3 Å². The summed E-state index contributed by atoms with van der Waals surface area (Å²) in [5, 5.41) is 2.81. The van der Waals surface area contributed by atoms with Crippen molar-refractivity contribution in [1.82, 2.24) is 9.88 Å². The molecule has 2 aromatic carbocycles. The Hall–Kier alpha value is -4.07. The van der Waals surface area contributed by atoms with Crippen molar-refractivity contribution in [2.75, 3.05) is 26.6 Å². The lowest BCUT2D eigenvalue weighted by Crippen LogP contribution is -2.32. The van der Waals surface area contributed by atoms with Crippen molar-refractivity contribution in [2.45, 2.75) is 19.0 Å². The lowest BCUT2D eigenvalue weighted by atomic mass is 10.00. The molecular formula is C25H25N3O5. The van der Waals surface area contributed by atoms with Crippen molar-refractivity contribution in [2.24, 2.45) is 0 Å². The van der Waals surface area contributed by atoms with Gasteiger partial charge in [-0.05, 0) is 41.5 Å². The second kappa shape index (κ2) is 9.60. The first-order chi connectivity index (χ1) is 16.0. The third kappa shape index (κ3) is 4.45. The average Bonchev–Trinajstić information content (AvgIpc) is 3.18. The van der Waals surface area contributed by atoms with Crippen LogP contribution in [-0.2, 0) is 11.3 Å². The summed E-state index contributed by atoms with van der Waals surface area (Å²) < 4.78 is 16.4. The lowest BCUT2D eigenvalue weighted by molar-refractivity contribution is -0.117. The molecule has 3 aromatic rings. The molecule has 1 N–H and O–H groups in total. The molecule has 0 spiro atoms. The summed E-state index contributed by atoms with van der Waals surface area (Å²) in [6.45, 7) is 0.396. The van der Waals surface area contributed by atoms with Gasteiger partial charge >= 0.3 is 0 Å². The summed E-state index contributed by atoms with van der Waals surface area (Å²) in [4.78, 5) is 32.1. The number of pyridine rings is 1. The van der Waals surface area contributed by atoms with Crippen LogP contribution in [0, 0.1) is 0 Å². The van der Waals surface area contributed by atoms with Crippen molar-refractivity contribution in [1.29, 1.82) is 0 Å². The highest BCUT2D eigenvalue weighted by Gasteiger charge is 2.35. The minimum absolute atomic E-state index is 0.0228. The Bertz CT molecular complexity index is 1140. The van der Waals surface area contributed by atoms with E-state index in [0.29, 0.717) is 40.7 Å². The second-order valence-corrected chi connectivity index (χ2v) is 7.53. The fourth-order valence-electron chi connectivity index (χ4n) is 4.04. The van der Waals surface area contributed by atoms with Gasteiger partial charge in [0.2, 0.25) is 11.7 Å². The zero-order chi connectivity index (χ0) is 23.4. The molecular weight excluding hydrogens is 422 g/mol. The number of rotatable bonds is 8. The maximum absolute atomic E-state index is 13.3. The SMILES string of the molecule is COc1cc(C(CC(=O)Nc2ccccn2)N2Cc3ccccc3C2=O)cc(OC)c1OC. The highest BCUT2D eigenvalue weighted by Crippen LogP contribution is 2.43. The minimum Gasteiger partial charge on any atom is -0.493 e. The summed E-state index contributed by atoms with van der Waals surface area (Å²) in [6, 6.07) is 15.7. The average molecular weight is 447 g/mol. The Balaban J connectivity index is 1.72. The smallest absolute Gasteiger partial charge is 0.255 e. The molecule has 2 amide bonds. The molecule has 1 atom stereocenters. The normalized spacial score (nSPS) is 13.3. The van der Waals surface area contributed by atoms with E-state index in [4.69, 9.17) is 14.2 Å². The van der Waals surface area contributed by atoms with Gasteiger partial charge in [-0.1, -0.05) is 24.3 Å². The Morgan fingerprint density at radius 2 is 1.73 bits per heavy atom. The molecule has 8 nitrogen and oxygen atoms in total. The molecule has 1 aliphatic rings. The monoisotopic (exact) mass is 447 g/mol. The van der Waals surface area contributed by atoms with E-state index in [2.05, 4.69) is 10.3 Å². The van der Waals surface area contributed by atoms with E-state index < -0.39 is 6.04 Å². The first-order valence-electron chi connectivity index (χ1n) is 10.4. The Labute approximate surface area is 192 Å². The number of benzene rings is 2. The summed E-state index contributed by atoms with van der Waals surface area (Å²) in [5.74, 6) is 1.39. The maximum atomic E-state index is 13.3. The molecule has 4 rings (SSSR count). The number of nitrogens with zero attached hydrogens (tertiary/aromatic N) is 2. The van der Waals surface area contributed by atoms with E-state index in [1.165, 1.54) is 21.3 Å². The number of carbonyl (C=O) groups excluding carboxylic acids is 2. The Kier molecular flexibility index (Phi) is 6.44. The molecule has 0 fully saturated rings. The summed E-state index contributed by atoms with van der Waals surface area (Å²) in [6.07, 6.45) is 1.63. The Morgan fingerprint density at radius 1 is 1.03 bits per heavy atom. The third-order valence-electron chi connectivity index (χ3n) is 5.61. The predicted molar refractivity (Wildman–Crippen MR) is 123 cm³/mol. The lowest BCUT2D eigenvalue weighted by Gasteiger charge is -2.29. The van der Waals surface area contributed by atoms with Crippen LogP contribution in [0.1, 0.15) is 33.9 Å². The molecule has 170 valence electrons. The van der Waals surface area contributed by atoms with E-state index in [1.807, 2.05) is 18.2 Å². The molecule has 2 heterocycles. The quantitative estimate of drug-likeness (QED) is 0.564. The molecule has 1 unspecified atom stereocenters. The van der Waals surface area contributed by atoms with Gasteiger partial charge in [0.05, 0.1) is 33.8 Å². The van der Waals surface area contributed by atoms with E-state index in [0.717, 1.165) is 5.56 Å². The summed E-state index contributed by atoms with van der Waals surface area (Å²) in [5.41, 5.74) is 2.26. The number of anilines is 1. The minimum atomic E-state index is -0.567. The second-order valence-electron chi connectivity index (χ2n) is 7.53. The molecule has 0 radical (unpaired) electrons. The molecule has 1 aliphatic heterocycles. The van der Waals surface area contributed by atoms with Crippen LogP contribution in [0.5, 0.6) is 17.2 Å². The highest BCUT2D eigenvalue weighted by molar-refractivity contribution is 5.99. The highest BCUT2D eigenvalue weighted by atomic mass is 16.5. The first-order valence-corrected chi connectivity index (χ1v) is 10.4. The van der Waals surface area contributed by atoms with Gasteiger partial charge in [-0.25, -0.2) is 4.98 Å². The summed E-state index contributed by atoms with van der Waals surface area (Å²) >= 11 is 0. The number of nitrogens with one attached hydrogen (secondary N) is 1. The van der Waals surface area contributed by atoms with Gasteiger partial charge in [0.1, 0.15) is 5.82 Å². The van der Waals surface area contributed by atoms with Crippen LogP contribution in [0.15, 0.2) is 60.8 Å². The first kappa shape index (κ1) is 22.1. The van der Waals surface area contributed by atoms with Crippen LogP contribution in [0.25, 0.3) is 0 Å². The van der Waals surface area contributed by atoms with Crippen molar-refractivity contribution >= 4 is 17.6 Å². The number of aromatic nitrogens is 1. The summed E-state index contributed by atoms with van der Waals surface area (Å²) in [7, 11) is 4.58. The van der Waals surface area contributed by atoms with E-state index in [-0.39, 0.29) is 18.2 Å². The number of methoxy groups -OCH3 is 3. The van der Waals surface area contributed by atoms with Crippen LogP contribution in [0.2, 0.25) is 0 Å². The zero-order valence-corrected chi connectivity index (χ0v) is 18.7. The van der Waals surface area contributed by atoms with Crippen molar-refractivity contribution in [3.05, 3.63) is 77.5 Å². The number of hydrogen-bond donors (Lipinski definition) is 1. The van der Waals surface area contributed by atoms with Gasteiger partial charge in [-0.15, -0.1) is 0 Å². The maximum Gasteiger partial charge on any atom is 0.255 e. The fourth-order valence-corrected chi connectivity index (χ4v) is 4.04. The molecule has 0 saturated carbocycles. The van der Waals surface area contributed by atoms with Gasteiger partial charge in [-0.2, -0.15) is 0 Å². The number of fused-ring (bicyclic) bond motifs is 1. The van der Waals surface area contributed by atoms with Crippen molar-refractivity contribution in [3.8, 4) is 17.2 Å². The number of amides is 2. The van der Waals surface area contributed by atoms with Crippen LogP contribution >= 0.6 is 0 Å². The number of hydrogen-bond acceptors (Lipinski definition) is 6. The van der Waals surface area contributed by atoms with Crippen LogP contribution < -0.4 is 19.5 Å². The van der Waals surface area contributed by atoms with Gasteiger partial charge in [0.25, 0.3) is 5.91 Å². The van der Waals surface area contributed by atoms with Crippen LogP contribution in [0.4, 0.5) is 5.82 Å². The van der Waals surface area contributed by atoms with Gasteiger partial charge in [0.15, 0.2) is 11.5 Å². The van der Waals surface area contributed by atoms with Gasteiger partial charge in [-0.3, -0.25) is 9.59 Å². The van der Waals surface area contributed by atoms with Crippen molar-refractivity contribution in [3.63, 3.8) is 0 Å². The molecule has 1 aromatic heterocycles. The Morgan fingerprint density at radius 3 is 2.33 bits per heavy atom. The number of carbonyl (C=O) groups is 2. The van der Waals surface area contributed by atoms with Crippen molar-refractivity contribution < 1.29 is 23.8 Å². The standard InChI is InChI=1S/C25H25N3O5/c1-31-20-12-17(13-21(32-2)24(20)33-3)19(14-23(29)27-22-10-6-7-11-26-22)28-15-16-8-4-5-9-18(16)25(28)30/h4-13,19H,14-15H2,1-3H3,(H,26,27,29). The topological polar surface area (TPSA) is 90.0 Å². The van der Waals surface area contributed by atoms with Crippen LogP contribution in [-0.4, -0.2) is 43.0 Å². The van der Waals surface area contributed by atoms with Gasteiger partial charge < -0.3 is 24.4 Å².